The molecule has 2 unspecified atom stereocenters. The van der Waals surface area contributed by atoms with Gasteiger partial charge in [0.1, 0.15) is 11.8 Å². The van der Waals surface area contributed by atoms with E-state index in [1.165, 1.54) is 26.0 Å². The molecular formula is C15H17F3N2O5. The third kappa shape index (κ3) is 7.55. The number of aliphatic carboxylic acids is 1. The van der Waals surface area contributed by atoms with Crippen molar-refractivity contribution in [1.82, 2.24) is 10.6 Å². The lowest BCUT2D eigenvalue weighted by Gasteiger charge is -2.21. The lowest BCUT2D eigenvalue weighted by atomic mass is 10.0. The predicted molar refractivity (Wildman–Crippen MR) is 79.5 cm³/mol. The van der Waals surface area contributed by atoms with Crippen molar-refractivity contribution in [3.63, 3.8) is 0 Å². The summed E-state index contributed by atoms with van der Waals surface area (Å²) in [6.45, 7) is 2.63. The Balaban J connectivity index is 2.89. The van der Waals surface area contributed by atoms with Crippen LogP contribution in [0.5, 0.6) is 5.75 Å². The summed E-state index contributed by atoms with van der Waals surface area (Å²) in [7, 11) is 0. The van der Waals surface area contributed by atoms with Gasteiger partial charge in [-0.15, -0.1) is 13.2 Å². The van der Waals surface area contributed by atoms with Gasteiger partial charge in [0.25, 0.3) is 0 Å². The first-order valence-corrected chi connectivity index (χ1v) is 7.13. The van der Waals surface area contributed by atoms with Crippen LogP contribution in [0.3, 0.4) is 0 Å². The Kier molecular flexibility index (Phi) is 6.77. The van der Waals surface area contributed by atoms with Gasteiger partial charge in [-0.05, 0) is 24.6 Å². The highest BCUT2D eigenvalue weighted by Gasteiger charge is 2.31. The maximum atomic E-state index is 12.1. The van der Waals surface area contributed by atoms with Crippen molar-refractivity contribution in [2.75, 3.05) is 0 Å². The molecule has 0 bridgehead atoms. The Morgan fingerprint density at radius 2 is 1.72 bits per heavy atom. The van der Waals surface area contributed by atoms with E-state index in [1.54, 1.807) is 0 Å². The number of hydrogen-bond acceptors (Lipinski definition) is 4. The first-order valence-electron chi connectivity index (χ1n) is 7.13. The number of alkyl halides is 3. The molecule has 0 aromatic heterocycles. The molecule has 2 amide bonds. The Morgan fingerprint density at radius 3 is 2.16 bits per heavy atom. The maximum absolute atomic E-state index is 12.1. The van der Waals surface area contributed by atoms with Crippen molar-refractivity contribution in [3.8, 4) is 5.75 Å². The molecule has 1 aromatic rings. The Morgan fingerprint density at radius 1 is 1.16 bits per heavy atom. The second kappa shape index (κ2) is 8.36. The highest BCUT2D eigenvalue weighted by molar-refractivity contribution is 5.87. The molecule has 0 aliphatic rings. The van der Waals surface area contributed by atoms with Gasteiger partial charge >= 0.3 is 12.3 Å². The number of carboxylic acids is 1. The molecule has 10 heteroatoms. The summed E-state index contributed by atoms with van der Waals surface area (Å²) >= 11 is 0. The van der Waals surface area contributed by atoms with E-state index in [-0.39, 0.29) is 5.56 Å². The van der Waals surface area contributed by atoms with E-state index in [0.717, 1.165) is 12.1 Å². The SMILES string of the molecule is CC(=O)NC(C)C(=O)NC(CC(=O)O)c1ccc(OC(F)(F)F)cc1. The zero-order chi connectivity index (χ0) is 19.2. The number of benzene rings is 1. The number of halogens is 3. The van der Waals surface area contributed by atoms with Crippen LogP contribution in [0.25, 0.3) is 0 Å². The standard InChI is InChI=1S/C15H17F3N2O5/c1-8(19-9(2)21)14(24)20-12(7-13(22)23)10-3-5-11(6-4-10)25-15(16,17)18/h3-6,8,12H,7H2,1-2H3,(H,19,21)(H,20,24)(H,22,23). The summed E-state index contributed by atoms with van der Waals surface area (Å²) in [4.78, 5) is 33.9. The summed E-state index contributed by atoms with van der Waals surface area (Å²) in [5.74, 6) is -2.75. The monoisotopic (exact) mass is 362 g/mol. The molecule has 1 aromatic carbocycles. The second-order valence-electron chi connectivity index (χ2n) is 5.20. The van der Waals surface area contributed by atoms with Crippen molar-refractivity contribution < 1.29 is 37.4 Å². The fourth-order valence-electron chi connectivity index (χ4n) is 2.00. The molecule has 0 heterocycles. The minimum absolute atomic E-state index is 0.278. The quantitative estimate of drug-likeness (QED) is 0.685. The van der Waals surface area contributed by atoms with Crippen molar-refractivity contribution >= 4 is 17.8 Å². The average Bonchev–Trinajstić information content (AvgIpc) is 2.44. The van der Waals surface area contributed by atoms with Crippen molar-refractivity contribution in [1.29, 1.82) is 0 Å². The number of nitrogens with one attached hydrogen (secondary N) is 2. The number of carbonyl (C=O) groups is 3. The van der Waals surface area contributed by atoms with Gasteiger partial charge in [-0.25, -0.2) is 0 Å². The third-order valence-electron chi connectivity index (χ3n) is 3.02. The number of amides is 2. The molecule has 0 aliphatic carbocycles. The minimum Gasteiger partial charge on any atom is -0.481 e. The number of carboxylic acid groups (broad SMARTS) is 1. The van der Waals surface area contributed by atoms with Crippen molar-refractivity contribution in [2.24, 2.45) is 0 Å². The predicted octanol–water partition coefficient (Wildman–Crippen LogP) is 1.74. The van der Waals surface area contributed by atoms with Crippen LogP contribution in [-0.4, -0.2) is 35.3 Å². The van der Waals surface area contributed by atoms with E-state index in [0.29, 0.717) is 0 Å². The largest absolute Gasteiger partial charge is 0.573 e. The van der Waals surface area contributed by atoms with Gasteiger partial charge in [0.15, 0.2) is 0 Å². The van der Waals surface area contributed by atoms with Crippen LogP contribution in [0, 0.1) is 0 Å². The molecule has 0 saturated carbocycles. The molecule has 0 spiro atoms. The molecule has 0 fully saturated rings. The lowest BCUT2D eigenvalue weighted by Crippen LogP contribution is -2.45. The van der Waals surface area contributed by atoms with Gasteiger partial charge in [-0.1, -0.05) is 12.1 Å². The molecule has 0 radical (unpaired) electrons. The highest BCUT2D eigenvalue weighted by atomic mass is 19.4. The first-order chi connectivity index (χ1) is 11.5. The third-order valence-corrected chi connectivity index (χ3v) is 3.02. The minimum atomic E-state index is -4.84. The van der Waals surface area contributed by atoms with Gasteiger partial charge in [0.2, 0.25) is 11.8 Å². The summed E-state index contributed by atoms with van der Waals surface area (Å²) in [5.41, 5.74) is 0.278. The Hall–Kier alpha value is -2.78. The molecule has 2 atom stereocenters. The zero-order valence-electron chi connectivity index (χ0n) is 13.4. The van der Waals surface area contributed by atoms with E-state index in [4.69, 9.17) is 5.11 Å². The molecule has 7 nitrogen and oxygen atoms in total. The fourth-order valence-corrected chi connectivity index (χ4v) is 2.00. The van der Waals surface area contributed by atoms with Gasteiger partial charge in [-0.3, -0.25) is 14.4 Å². The average molecular weight is 362 g/mol. The molecule has 3 N–H and O–H groups in total. The molecule has 1 rings (SSSR count). The summed E-state index contributed by atoms with van der Waals surface area (Å²) in [6, 6.07) is 2.58. The van der Waals surface area contributed by atoms with Crippen molar-refractivity contribution in [2.45, 2.75) is 38.7 Å². The van der Waals surface area contributed by atoms with Gasteiger partial charge < -0.3 is 20.5 Å². The second-order valence-corrected chi connectivity index (χ2v) is 5.20. The van der Waals surface area contributed by atoms with E-state index in [9.17, 15) is 27.6 Å². The molecule has 0 aliphatic heterocycles. The van der Waals surface area contributed by atoms with E-state index in [1.807, 2.05) is 0 Å². The van der Waals surface area contributed by atoms with Crippen LogP contribution >= 0.6 is 0 Å². The van der Waals surface area contributed by atoms with Crippen LogP contribution in [0.15, 0.2) is 24.3 Å². The number of ether oxygens (including phenoxy) is 1. The summed E-state index contributed by atoms with van der Waals surface area (Å²) < 4.78 is 40.2. The summed E-state index contributed by atoms with van der Waals surface area (Å²) in [6.07, 6.45) is -5.33. The van der Waals surface area contributed by atoms with E-state index < -0.39 is 48.4 Å². The molecule has 0 saturated heterocycles. The van der Waals surface area contributed by atoms with E-state index in [2.05, 4.69) is 15.4 Å². The zero-order valence-corrected chi connectivity index (χ0v) is 13.4. The van der Waals surface area contributed by atoms with Crippen LogP contribution in [0.4, 0.5) is 13.2 Å². The van der Waals surface area contributed by atoms with E-state index >= 15 is 0 Å². The van der Waals surface area contributed by atoms with Gasteiger partial charge in [-0.2, -0.15) is 0 Å². The van der Waals surface area contributed by atoms with Crippen LogP contribution in [-0.2, 0) is 14.4 Å². The number of hydrogen-bond donors (Lipinski definition) is 3. The van der Waals surface area contributed by atoms with Gasteiger partial charge in [0, 0.05) is 6.92 Å². The topological polar surface area (TPSA) is 105 Å². The Labute approximate surface area is 141 Å². The van der Waals surface area contributed by atoms with Crippen molar-refractivity contribution in [3.05, 3.63) is 29.8 Å². The fraction of sp³-hybridized carbons (Fsp3) is 0.400. The Bertz CT molecular complexity index is 631. The highest BCUT2D eigenvalue weighted by Crippen LogP contribution is 2.25. The van der Waals surface area contributed by atoms with Crippen LogP contribution in [0.2, 0.25) is 0 Å². The maximum Gasteiger partial charge on any atom is 0.573 e. The first kappa shape index (κ1) is 20.3. The molecule has 138 valence electrons. The normalized spacial score (nSPS) is 13.5. The smallest absolute Gasteiger partial charge is 0.481 e. The van der Waals surface area contributed by atoms with Crippen LogP contribution in [0.1, 0.15) is 31.9 Å². The summed E-state index contributed by atoms with van der Waals surface area (Å²) in [5, 5.41) is 13.7. The van der Waals surface area contributed by atoms with Crippen LogP contribution < -0.4 is 15.4 Å². The lowest BCUT2D eigenvalue weighted by molar-refractivity contribution is -0.274. The molecular weight excluding hydrogens is 345 g/mol. The van der Waals surface area contributed by atoms with Gasteiger partial charge in [0.05, 0.1) is 12.5 Å². The number of rotatable bonds is 7. The molecule has 25 heavy (non-hydrogen) atoms. The number of carbonyl (C=O) groups excluding carboxylic acids is 2.